The Kier molecular flexibility index (Phi) is 4.72. The van der Waals surface area contributed by atoms with Gasteiger partial charge in [0.1, 0.15) is 0 Å². The Morgan fingerprint density at radius 1 is 1.31 bits per heavy atom. The van der Waals surface area contributed by atoms with Crippen molar-refractivity contribution in [2.24, 2.45) is 11.8 Å². The first-order valence-corrected chi connectivity index (χ1v) is 9.20. The second-order valence-corrected chi connectivity index (χ2v) is 7.37. The number of aromatic nitrogens is 3. The molecule has 2 aromatic rings. The van der Waals surface area contributed by atoms with Crippen LogP contribution in [-0.4, -0.2) is 52.2 Å². The molecule has 2 aromatic heterocycles. The number of rotatable bonds is 6. The SMILES string of the molecule is Cc1noc(C2CN(C(=O)c3cccnc3C)CC2COCC2CC2)n1. The highest BCUT2D eigenvalue weighted by molar-refractivity contribution is 5.95. The molecule has 7 nitrogen and oxygen atoms in total. The van der Waals surface area contributed by atoms with Crippen LogP contribution in [0.5, 0.6) is 0 Å². The Morgan fingerprint density at radius 2 is 2.15 bits per heavy atom. The molecule has 138 valence electrons. The van der Waals surface area contributed by atoms with Crippen molar-refractivity contribution in [1.82, 2.24) is 20.0 Å². The highest BCUT2D eigenvalue weighted by Gasteiger charge is 2.40. The minimum Gasteiger partial charge on any atom is -0.381 e. The van der Waals surface area contributed by atoms with E-state index in [4.69, 9.17) is 9.26 Å². The van der Waals surface area contributed by atoms with Gasteiger partial charge in [-0.15, -0.1) is 0 Å². The average molecular weight is 356 g/mol. The number of pyridine rings is 1. The lowest BCUT2D eigenvalue weighted by Crippen LogP contribution is -2.30. The maximum absolute atomic E-state index is 13.0. The fraction of sp³-hybridized carbons (Fsp3) is 0.579. The smallest absolute Gasteiger partial charge is 0.255 e. The molecule has 0 N–H and O–H groups in total. The zero-order chi connectivity index (χ0) is 18.1. The number of nitrogens with zero attached hydrogens (tertiary/aromatic N) is 4. The van der Waals surface area contributed by atoms with Gasteiger partial charge in [-0.2, -0.15) is 4.98 Å². The predicted molar refractivity (Wildman–Crippen MR) is 93.7 cm³/mol. The van der Waals surface area contributed by atoms with E-state index in [1.54, 1.807) is 12.3 Å². The molecule has 1 aliphatic heterocycles. The maximum atomic E-state index is 13.0. The number of carbonyl (C=O) groups is 1. The Hall–Kier alpha value is -2.28. The second-order valence-electron chi connectivity index (χ2n) is 7.37. The topological polar surface area (TPSA) is 81.4 Å². The fourth-order valence-corrected chi connectivity index (χ4v) is 3.50. The van der Waals surface area contributed by atoms with Crippen molar-refractivity contribution in [2.75, 3.05) is 26.3 Å². The van der Waals surface area contributed by atoms with Gasteiger partial charge in [-0.25, -0.2) is 0 Å². The van der Waals surface area contributed by atoms with E-state index in [-0.39, 0.29) is 17.7 Å². The normalized spacial score (nSPS) is 22.8. The summed E-state index contributed by atoms with van der Waals surface area (Å²) in [5.41, 5.74) is 1.39. The monoisotopic (exact) mass is 356 g/mol. The van der Waals surface area contributed by atoms with Crippen LogP contribution in [0.25, 0.3) is 0 Å². The highest BCUT2D eigenvalue weighted by Crippen LogP contribution is 2.34. The van der Waals surface area contributed by atoms with Crippen LogP contribution in [-0.2, 0) is 4.74 Å². The average Bonchev–Trinajstić information content (AvgIpc) is 3.20. The molecule has 0 radical (unpaired) electrons. The molecule has 7 heteroatoms. The fourth-order valence-electron chi connectivity index (χ4n) is 3.50. The summed E-state index contributed by atoms with van der Waals surface area (Å²) in [7, 11) is 0. The first-order chi connectivity index (χ1) is 12.6. The van der Waals surface area contributed by atoms with Gasteiger partial charge in [0.25, 0.3) is 5.91 Å². The molecule has 2 aliphatic rings. The van der Waals surface area contributed by atoms with E-state index in [9.17, 15) is 4.79 Å². The molecule has 2 fully saturated rings. The van der Waals surface area contributed by atoms with Gasteiger partial charge < -0.3 is 14.2 Å². The van der Waals surface area contributed by atoms with Crippen LogP contribution in [0.4, 0.5) is 0 Å². The van der Waals surface area contributed by atoms with Gasteiger partial charge in [0.15, 0.2) is 5.82 Å². The molecule has 1 aliphatic carbocycles. The second kappa shape index (κ2) is 7.15. The van der Waals surface area contributed by atoms with Crippen molar-refractivity contribution >= 4 is 5.91 Å². The molecule has 0 aromatic carbocycles. The molecule has 2 atom stereocenters. The summed E-state index contributed by atoms with van der Waals surface area (Å²) >= 11 is 0. The van der Waals surface area contributed by atoms with Crippen LogP contribution in [0.1, 0.15) is 46.5 Å². The summed E-state index contributed by atoms with van der Waals surface area (Å²) < 4.78 is 11.3. The number of hydrogen-bond donors (Lipinski definition) is 0. The van der Waals surface area contributed by atoms with E-state index in [2.05, 4.69) is 15.1 Å². The summed E-state index contributed by atoms with van der Waals surface area (Å²) in [5.74, 6) is 2.11. The van der Waals surface area contributed by atoms with Crippen LogP contribution < -0.4 is 0 Å². The first-order valence-electron chi connectivity index (χ1n) is 9.20. The van der Waals surface area contributed by atoms with Crippen molar-refractivity contribution in [3.63, 3.8) is 0 Å². The summed E-state index contributed by atoms with van der Waals surface area (Å²) in [6, 6.07) is 3.62. The van der Waals surface area contributed by atoms with Gasteiger partial charge >= 0.3 is 0 Å². The molecule has 26 heavy (non-hydrogen) atoms. The van der Waals surface area contributed by atoms with Crippen LogP contribution >= 0.6 is 0 Å². The van der Waals surface area contributed by atoms with E-state index in [0.717, 1.165) is 18.2 Å². The quantitative estimate of drug-likeness (QED) is 0.790. The third kappa shape index (κ3) is 3.62. The summed E-state index contributed by atoms with van der Waals surface area (Å²) in [6.45, 7) is 6.27. The third-order valence-corrected chi connectivity index (χ3v) is 5.21. The van der Waals surface area contributed by atoms with Gasteiger partial charge in [0.05, 0.1) is 18.1 Å². The lowest BCUT2D eigenvalue weighted by molar-refractivity contribution is 0.0735. The molecule has 2 unspecified atom stereocenters. The number of ether oxygens (including phenoxy) is 1. The van der Waals surface area contributed by atoms with Crippen LogP contribution in [0.15, 0.2) is 22.9 Å². The molecule has 0 bridgehead atoms. The van der Waals surface area contributed by atoms with E-state index >= 15 is 0 Å². The van der Waals surface area contributed by atoms with Crippen LogP contribution in [0.3, 0.4) is 0 Å². The highest BCUT2D eigenvalue weighted by atomic mass is 16.5. The van der Waals surface area contributed by atoms with Gasteiger partial charge in [-0.1, -0.05) is 5.16 Å². The van der Waals surface area contributed by atoms with E-state index in [0.29, 0.717) is 37.0 Å². The minimum atomic E-state index is 0.00142. The lowest BCUT2D eigenvalue weighted by Gasteiger charge is -2.17. The van der Waals surface area contributed by atoms with Crippen molar-refractivity contribution < 1.29 is 14.1 Å². The van der Waals surface area contributed by atoms with E-state index in [1.807, 2.05) is 24.8 Å². The third-order valence-electron chi connectivity index (χ3n) is 5.21. The van der Waals surface area contributed by atoms with Gasteiger partial charge in [0.2, 0.25) is 5.89 Å². The molecule has 1 saturated carbocycles. The summed E-state index contributed by atoms with van der Waals surface area (Å²) in [4.78, 5) is 23.5. The molecule has 1 amide bonds. The maximum Gasteiger partial charge on any atom is 0.255 e. The number of amides is 1. The van der Waals surface area contributed by atoms with E-state index in [1.165, 1.54) is 12.8 Å². The largest absolute Gasteiger partial charge is 0.381 e. The number of aryl methyl sites for hydroxylation is 2. The summed E-state index contributed by atoms with van der Waals surface area (Å²) in [5, 5.41) is 3.92. The molecule has 4 rings (SSSR count). The van der Waals surface area contributed by atoms with Crippen LogP contribution in [0, 0.1) is 25.7 Å². The molecule has 3 heterocycles. The van der Waals surface area contributed by atoms with Crippen LogP contribution in [0.2, 0.25) is 0 Å². The van der Waals surface area contributed by atoms with Gasteiger partial charge in [0, 0.05) is 37.5 Å². The Balaban J connectivity index is 1.50. The lowest BCUT2D eigenvalue weighted by atomic mass is 9.97. The Labute approximate surface area is 152 Å². The molecule has 0 spiro atoms. The van der Waals surface area contributed by atoms with Crippen molar-refractivity contribution in [2.45, 2.75) is 32.6 Å². The zero-order valence-corrected chi connectivity index (χ0v) is 15.2. The molecular formula is C19H24N4O3. The summed E-state index contributed by atoms with van der Waals surface area (Å²) in [6.07, 6.45) is 4.23. The Bertz CT molecular complexity index is 787. The number of hydrogen-bond acceptors (Lipinski definition) is 6. The predicted octanol–water partition coefficient (Wildman–Crippen LogP) is 2.36. The minimum absolute atomic E-state index is 0.00142. The van der Waals surface area contributed by atoms with Gasteiger partial charge in [-0.3, -0.25) is 9.78 Å². The van der Waals surface area contributed by atoms with Crippen molar-refractivity contribution in [3.8, 4) is 0 Å². The number of carbonyl (C=O) groups excluding carboxylic acids is 1. The standard InChI is InChI=1S/C19H24N4O3/c1-12-16(4-3-7-20-12)19(24)23-8-15(11-25-10-14-5-6-14)17(9-23)18-21-13(2)22-26-18/h3-4,7,14-15,17H,5-6,8-11H2,1-2H3. The van der Waals surface area contributed by atoms with Crippen molar-refractivity contribution in [3.05, 3.63) is 41.3 Å². The molecular weight excluding hydrogens is 332 g/mol. The van der Waals surface area contributed by atoms with Crippen molar-refractivity contribution in [1.29, 1.82) is 0 Å². The Morgan fingerprint density at radius 3 is 2.85 bits per heavy atom. The molecule has 1 saturated heterocycles. The van der Waals surface area contributed by atoms with E-state index < -0.39 is 0 Å². The zero-order valence-electron chi connectivity index (χ0n) is 15.2. The van der Waals surface area contributed by atoms with Gasteiger partial charge in [-0.05, 0) is 44.7 Å². The number of likely N-dealkylation sites (tertiary alicyclic amines) is 1. The first kappa shape index (κ1) is 17.1.